The second-order valence-corrected chi connectivity index (χ2v) is 6.78. The molecule has 2 aromatic carbocycles. The summed E-state index contributed by atoms with van der Waals surface area (Å²) in [5.41, 5.74) is 5.08. The summed E-state index contributed by atoms with van der Waals surface area (Å²) in [6.07, 6.45) is 7.31. The predicted octanol–water partition coefficient (Wildman–Crippen LogP) is 6.10. The van der Waals surface area contributed by atoms with E-state index in [9.17, 15) is 0 Å². The Balaban J connectivity index is 1.68. The summed E-state index contributed by atoms with van der Waals surface area (Å²) in [5, 5.41) is 8.74. The third-order valence-electron chi connectivity index (χ3n) is 5.38. The molecule has 0 radical (unpaired) electrons. The third-order valence-corrected chi connectivity index (χ3v) is 5.38. The summed E-state index contributed by atoms with van der Waals surface area (Å²) in [4.78, 5) is 0. The first-order valence-electron chi connectivity index (χ1n) is 8.86. The molecule has 0 N–H and O–H groups in total. The van der Waals surface area contributed by atoms with Gasteiger partial charge in [-0.1, -0.05) is 61.9 Å². The fourth-order valence-corrected chi connectivity index (χ4v) is 3.76. The third kappa shape index (κ3) is 3.82. The summed E-state index contributed by atoms with van der Waals surface area (Å²) in [6.45, 7) is 2.32. The van der Waals surface area contributed by atoms with Crippen LogP contribution in [-0.4, -0.2) is 0 Å². The Kier molecular flexibility index (Phi) is 5.13. The fraction of sp³-hybridized carbons (Fsp3) is 0.409. The Hall–Kier alpha value is -2.07. The van der Waals surface area contributed by atoms with Gasteiger partial charge < -0.3 is 0 Å². The Morgan fingerprint density at radius 2 is 1.43 bits per heavy atom. The van der Waals surface area contributed by atoms with Crippen LogP contribution in [0.5, 0.6) is 0 Å². The molecule has 1 aliphatic rings. The van der Waals surface area contributed by atoms with Crippen molar-refractivity contribution < 1.29 is 0 Å². The van der Waals surface area contributed by atoms with Gasteiger partial charge in [0.15, 0.2) is 0 Å². The summed E-state index contributed by atoms with van der Waals surface area (Å²) >= 11 is 0. The van der Waals surface area contributed by atoms with Crippen LogP contribution >= 0.6 is 0 Å². The SMILES string of the molecule is CCC1CCC(c2ccc(-c3ccc(CC#N)cc3)cc2)CC1. The van der Waals surface area contributed by atoms with E-state index in [-0.39, 0.29) is 0 Å². The van der Waals surface area contributed by atoms with E-state index in [1.54, 1.807) is 0 Å². The maximum Gasteiger partial charge on any atom is 0.0669 e. The quantitative estimate of drug-likeness (QED) is 0.669. The molecule has 1 aliphatic carbocycles. The van der Waals surface area contributed by atoms with E-state index < -0.39 is 0 Å². The zero-order valence-corrected chi connectivity index (χ0v) is 14.0. The van der Waals surface area contributed by atoms with Gasteiger partial charge in [-0.2, -0.15) is 5.26 Å². The number of benzene rings is 2. The molecule has 1 heteroatoms. The average Bonchev–Trinajstić information content (AvgIpc) is 2.63. The molecule has 1 saturated carbocycles. The van der Waals surface area contributed by atoms with Gasteiger partial charge in [0.1, 0.15) is 0 Å². The summed E-state index contributed by atoms with van der Waals surface area (Å²) in [5.74, 6) is 1.71. The first-order valence-corrected chi connectivity index (χ1v) is 8.86. The molecule has 118 valence electrons. The zero-order chi connectivity index (χ0) is 16.1. The lowest BCUT2D eigenvalue weighted by molar-refractivity contribution is 0.319. The number of nitriles is 1. The molecule has 0 heterocycles. The van der Waals surface area contributed by atoms with Crippen molar-refractivity contribution in [3.63, 3.8) is 0 Å². The molecule has 0 bridgehead atoms. The van der Waals surface area contributed by atoms with E-state index in [0.29, 0.717) is 6.42 Å². The Bertz CT molecular complexity index is 653. The molecular formula is C22H25N. The average molecular weight is 303 g/mol. The normalized spacial score (nSPS) is 20.9. The highest BCUT2D eigenvalue weighted by Gasteiger charge is 2.21. The van der Waals surface area contributed by atoms with Gasteiger partial charge >= 0.3 is 0 Å². The molecule has 0 amide bonds. The van der Waals surface area contributed by atoms with Crippen molar-refractivity contribution in [3.8, 4) is 17.2 Å². The van der Waals surface area contributed by atoms with E-state index in [0.717, 1.165) is 17.4 Å². The zero-order valence-electron chi connectivity index (χ0n) is 14.0. The van der Waals surface area contributed by atoms with Crippen LogP contribution in [0.3, 0.4) is 0 Å². The molecule has 0 atom stereocenters. The van der Waals surface area contributed by atoms with Gasteiger partial charge in [0.05, 0.1) is 12.5 Å². The highest BCUT2D eigenvalue weighted by Crippen LogP contribution is 2.37. The lowest BCUT2D eigenvalue weighted by Gasteiger charge is -2.28. The first kappa shape index (κ1) is 15.8. The van der Waals surface area contributed by atoms with Crippen LogP contribution in [0.4, 0.5) is 0 Å². The van der Waals surface area contributed by atoms with Gasteiger partial charge in [-0.25, -0.2) is 0 Å². The van der Waals surface area contributed by atoms with E-state index in [2.05, 4.69) is 61.5 Å². The molecule has 0 saturated heterocycles. The molecule has 1 nitrogen and oxygen atoms in total. The number of hydrogen-bond acceptors (Lipinski definition) is 1. The van der Waals surface area contributed by atoms with Crippen LogP contribution in [0, 0.1) is 17.2 Å². The number of hydrogen-bond donors (Lipinski definition) is 0. The minimum atomic E-state index is 0.486. The van der Waals surface area contributed by atoms with Crippen molar-refractivity contribution in [2.75, 3.05) is 0 Å². The van der Waals surface area contributed by atoms with Crippen LogP contribution in [0.15, 0.2) is 48.5 Å². The second kappa shape index (κ2) is 7.47. The van der Waals surface area contributed by atoms with Gasteiger partial charge in [-0.3, -0.25) is 0 Å². The lowest BCUT2D eigenvalue weighted by Crippen LogP contribution is -2.12. The van der Waals surface area contributed by atoms with Gasteiger partial charge in [0, 0.05) is 0 Å². The maximum atomic E-state index is 8.74. The minimum Gasteiger partial charge on any atom is -0.198 e. The molecular weight excluding hydrogens is 278 g/mol. The van der Waals surface area contributed by atoms with E-state index >= 15 is 0 Å². The van der Waals surface area contributed by atoms with Gasteiger partial charge in [0.2, 0.25) is 0 Å². The van der Waals surface area contributed by atoms with Gasteiger partial charge in [0.25, 0.3) is 0 Å². The Morgan fingerprint density at radius 1 is 0.870 bits per heavy atom. The lowest BCUT2D eigenvalue weighted by atomic mass is 9.77. The van der Waals surface area contributed by atoms with Crippen LogP contribution in [0.2, 0.25) is 0 Å². The predicted molar refractivity (Wildman–Crippen MR) is 96.2 cm³/mol. The topological polar surface area (TPSA) is 23.8 Å². The van der Waals surface area contributed by atoms with E-state index in [1.807, 2.05) is 0 Å². The molecule has 0 unspecified atom stereocenters. The standard InChI is InChI=1S/C22H25N/c1-2-17-3-7-19(8-4-17)21-11-13-22(14-12-21)20-9-5-18(6-10-20)15-16-23/h5-6,9-14,17,19H,2-4,7-8,15H2,1H3. The summed E-state index contributed by atoms with van der Waals surface area (Å²) in [6, 6.07) is 19.7. The molecule has 0 spiro atoms. The van der Waals surface area contributed by atoms with Crippen LogP contribution in [-0.2, 0) is 6.42 Å². The van der Waals surface area contributed by atoms with Crippen molar-refractivity contribution in [2.24, 2.45) is 5.92 Å². The molecule has 23 heavy (non-hydrogen) atoms. The monoisotopic (exact) mass is 303 g/mol. The van der Waals surface area contributed by atoms with Crippen LogP contribution < -0.4 is 0 Å². The van der Waals surface area contributed by atoms with Crippen molar-refractivity contribution in [3.05, 3.63) is 59.7 Å². The number of rotatable bonds is 4. The molecule has 3 rings (SSSR count). The van der Waals surface area contributed by atoms with Crippen molar-refractivity contribution in [1.29, 1.82) is 5.26 Å². The summed E-state index contributed by atoms with van der Waals surface area (Å²) < 4.78 is 0. The van der Waals surface area contributed by atoms with Gasteiger partial charge in [-0.15, -0.1) is 0 Å². The van der Waals surface area contributed by atoms with E-state index in [1.165, 1.54) is 48.8 Å². The van der Waals surface area contributed by atoms with Gasteiger partial charge in [-0.05, 0) is 59.8 Å². The molecule has 0 aliphatic heterocycles. The molecule has 1 fully saturated rings. The van der Waals surface area contributed by atoms with Crippen LogP contribution in [0.25, 0.3) is 11.1 Å². The minimum absolute atomic E-state index is 0.486. The van der Waals surface area contributed by atoms with Crippen molar-refractivity contribution >= 4 is 0 Å². The fourth-order valence-electron chi connectivity index (χ4n) is 3.76. The molecule has 2 aromatic rings. The maximum absolute atomic E-state index is 8.74. The highest BCUT2D eigenvalue weighted by atomic mass is 14.3. The van der Waals surface area contributed by atoms with Crippen LogP contribution in [0.1, 0.15) is 56.1 Å². The largest absolute Gasteiger partial charge is 0.198 e. The first-order chi connectivity index (χ1) is 11.3. The second-order valence-electron chi connectivity index (χ2n) is 6.78. The van der Waals surface area contributed by atoms with Crippen molar-refractivity contribution in [1.82, 2.24) is 0 Å². The highest BCUT2D eigenvalue weighted by molar-refractivity contribution is 5.64. The molecule has 0 aromatic heterocycles. The Morgan fingerprint density at radius 3 is 1.96 bits per heavy atom. The smallest absolute Gasteiger partial charge is 0.0669 e. The van der Waals surface area contributed by atoms with E-state index in [4.69, 9.17) is 5.26 Å². The Labute approximate surface area is 140 Å². The summed E-state index contributed by atoms with van der Waals surface area (Å²) in [7, 11) is 0. The number of nitrogens with zero attached hydrogens (tertiary/aromatic N) is 1. The van der Waals surface area contributed by atoms with Crippen molar-refractivity contribution in [2.45, 2.75) is 51.4 Å².